The molecule has 5 heteroatoms. The first-order valence-electron chi connectivity index (χ1n) is 8.92. The molecule has 0 aromatic heterocycles. The largest absolute Gasteiger partial charge is 0.351 e. The average molecular weight is 359 g/mol. The summed E-state index contributed by atoms with van der Waals surface area (Å²) in [5, 5.41) is 12.2. The average Bonchev–Trinajstić information content (AvgIpc) is 2.69. The van der Waals surface area contributed by atoms with Gasteiger partial charge in [0.1, 0.15) is 11.6 Å². The summed E-state index contributed by atoms with van der Waals surface area (Å²) >= 11 is 0. The van der Waals surface area contributed by atoms with Crippen molar-refractivity contribution in [3.05, 3.63) is 70.8 Å². The van der Waals surface area contributed by atoms with E-state index in [1.807, 2.05) is 54.6 Å². The van der Waals surface area contributed by atoms with Crippen LogP contribution in [0, 0.1) is 11.3 Å². The summed E-state index contributed by atoms with van der Waals surface area (Å²) in [5.74, 6) is -0.278. The van der Waals surface area contributed by atoms with Gasteiger partial charge >= 0.3 is 0 Å². The molecule has 5 nitrogen and oxygen atoms in total. The number of nitrogens with zero attached hydrogens (tertiary/aromatic N) is 2. The Labute approximate surface area is 158 Å². The van der Waals surface area contributed by atoms with Crippen LogP contribution >= 0.6 is 0 Å². The Bertz CT molecular complexity index is 926. The molecule has 0 atom stereocenters. The number of carbonyl (C=O) groups is 2. The number of aryl methyl sites for hydroxylation is 1. The van der Waals surface area contributed by atoms with Crippen molar-refractivity contribution in [2.75, 3.05) is 18.5 Å². The molecule has 0 bridgehead atoms. The van der Waals surface area contributed by atoms with Crippen molar-refractivity contribution in [2.24, 2.45) is 0 Å². The second-order valence-electron chi connectivity index (χ2n) is 6.50. The van der Waals surface area contributed by atoms with E-state index in [0.29, 0.717) is 25.8 Å². The predicted octanol–water partition coefficient (Wildman–Crippen LogP) is 2.86. The zero-order valence-corrected chi connectivity index (χ0v) is 15.2. The maximum absolute atomic E-state index is 12.3. The molecule has 136 valence electrons. The molecule has 0 unspecified atom stereocenters. The van der Waals surface area contributed by atoms with Crippen molar-refractivity contribution in [3.8, 4) is 6.07 Å². The van der Waals surface area contributed by atoms with Crippen molar-refractivity contribution < 1.29 is 9.59 Å². The van der Waals surface area contributed by atoms with E-state index in [-0.39, 0.29) is 17.4 Å². The highest BCUT2D eigenvalue weighted by Gasteiger charge is 2.20. The van der Waals surface area contributed by atoms with Crippen LogP contribution in [0.25, 0.3) is 6.08 Å². The highest BCUT2D eigenvalue weighted by molar-refractivity contribution is 6.02. The number of hydrogen-bond donors (Lipinski definition) is 1. The number of rotatable bonds is 5. The summed E-state index contributed by atoms with van der Waals surface area (Å²) in [6.45, 7) is 0.471. The second-order valence-corrected chi connectivity index (χ2v) is 6.50. The van der Waals surface area contributed by atoms with Crippen LogP contribution in [0.1, 0.15) is 23.1 Å². The molecule has 1 heterocycles. The van der Waals surface area contributed by atoms with Crippen LogP contribution in [0.4, 0.5) is 5.69 Å². The Balaban J connectivity index is 1.68. The van der Waals surface area contributed by atoms with Gasteiger partial charge in [-0.2, -0.15) is 5.26 Å². The Kier molecular flexibility index (Phi) is 5.68. The summed E-state index contributed by atoms with van der Waals surface area (Å²) in [6, 6.07) is 17.5. The topological polar surface area (TPSA) is 73.2 Å². The molecule has 0 fully saturated rings. The molecule has 0 saturated carbocycles. The first-order chi connectivity index (χ1) is 13.1. The van der Waals surface area contributed by atoms with E-state index >= 15 is 0 Å². The minimum Gasteiger partial charge on any atom is -0.351 e. The van der Waals surface area contributed by atoms with Crippen molar-refractivity contribution in [1.29, 1.82) is 5.26 Å². The Morgan fingerprint density at radius 2 is 2.00 bits per heavy atom. The quantitative estimate of drug-likeness (QED) is 0.659. The SMILES string of the molecule is CN1C(=O)CCc2cc(/C=C(\C#N)C(=O)NCCc3ccccc3)ccc21. The lowest BCUT2D eigenvalue weighted by Crippen LogP contribution is -2.31. The predicted molar refractivity (Wildman–Crippen MR) is 105 cm³/mol. The molecular formula is C22H21N3O2. The zero-order valence-electron chi connectivity index (χ0n) is 15.2. The minimum absolute atomic E-state index is 0.0725. The first kappa shape index (κ1) is 18.4. The van der Waals surface area contributed by atoms with Crippen LogP contribution in [0.2, 0.25) is 0 Å². The molecule has 3 rings (SSSR count). The van der Waals surface area contributed by atoms with Gasteiger partial charge in [-0.1, -0.05) is 36.4 Å². The van der Waals surface area contributed by atoms with Crippen LogP contribution < -0.4 is 10.2 Å². The number of anilines is 1. The van der Waals surface area contributed by atoms with Gasteiger partial charge in [0.05, 0.1) is 0 Å². The van der Waals surface area contributed by atoms with E-state index < -0.39 is 0 Å². The van der Waals surface area contributed by atoms with Gasteiger partial charge in [0.25, 0.3) is 5.91 Å². The van der Waals surface area contributed by atoms with E-state index in [0.717, 1.165) is 22.4 Å². The smallest absolute Gasteiger partial charge is 0.261 e. The van der Waals surface area contributed by atoms with Crippen LogP contribution in [0.5, 0.6) is 0 Å². The lowest BCUT2D eigenvalue weighted by Gasteiger charge is -2.25. The van der Waals surface area contributed by atoms with Gasteiger partial charge in [0, 0.05) is 25.7 Å². The Morgan fingerprint density at radius 1 is 1.22 bits per heavy atom. The zero-order chi connectivity index (χ0) is 19.2. The second kappa shape index (κ2) is 8.33. The van der Waals surface area contributed by atoms with E-state index in [1.165, 1.54) is 0 Å². The van der Waals surface area contributed by atoms with Crippen molar-refractivity contribution in [2.45, 2.75) is 19.3 Å². The van der Waals surface area contributed by atoms with Crippen molar-refractivity contribution in [1.82, 2.24) is 5.32 Å². The highest BCUT2D eigenvalue weighted by atomic mass is 16.2. The summed E-state index contributed by atoms with van der Waals surface area (Å²) in [5.41, 5.74) is 3.92. The van der Waals surface area contributed by atoms with Crippen LogP contribution in [-0.4, -0.2) is 25.4 Å². The lowest BCUT2D eigenvalue weighted by molar-refractivity contribution is -0.118. The maximum atomic E-state index is 12.3. The first-order valence-corrected chi connectivity index (χ1v) is 8.92. The molecule has 1 aliphatic rings. The molecule has 2 amide bonds. The fourth-order valence-corrected chi connectivity index (χ4v) is 3.14. The highest BCUT2D eigenvalue weighted by Crippen LogP contribution is 2.28. The third kappa shape index (κ3) is 4.42. The summed E-state index contributed by atoms with van der Waals surface area (Å²) < 4.78 is 0. The van der Waals surface area contributed by atoms with Crippen molar-refractivity contribution >= 4 is 23.6 Å². The van der Waals surface area contributed by atoms with Gasteiger partial charge in [-0.15, -0.1) is 0 Å². The van der Waals surface area contributed by atoms with Gasteiger partial charge < -0.3 is 10.2 Å². The number of nitrogens with one attached hydrogen (secondary N) is 1. The Morgan fingerprint density at radius 3 is 2.74 bits per heavy atom. The number of nitriles is 1. The molecular weight excluding hydrogens is 338 g/mol. The van der Waals surface area contributed by atoms with E-state index in [2.05, 4.69) is 5.32 Å². The number of carbonyl (C=O) groups excluding carboxylic acids is 2. The third-order valence-electron chi connectivity index (χ3n) is 4.67. The summed E-state index contributed by atoms with van der Waals surface area (Å²) in [6.07, 6.45) is 3.45. The molecule has 1 aliphatic heterocycles. The fourth-order valence-electron chi connectivity index (χ4n) is 3.14. The van der Waals surface area contributed by atoms with Gasteiger partial charge in [-0.25, -0.2) is 0 Å². The fraction of sp³-hybridized carbons (Fsp3) is 0.227. The standard InChI is InChI=1S/C22H21N3O2/c1-25-20-9-7-17(13-18(20)8-10-21(25)26)14-19(15-23)22(27)24-12-11-16-5-3-2-4-6-16/h2-7,9,13-14H,8,10-12H2,1H3,(H,24,27)/b19-14+. The lowest BCUT2D eigenvalue weighted by atomic mass is 9.98. The van der Waals surface area contributed by atoms with E-state index in [1.54, 1.807) is 18.0 Å². The molecule has 27 heavy (non-hydrogen) atoms. The van der Waals surface area contributed by atoms with Gasteiger partial charge in [0.2, 0.25) is 5.91 Å². The monoisotopic (exact) mass is 359 g/mol. The van der Waals surface area contributed by atoms with Gasteiger partial charge in [-0.3, -0.25) is 9.59 Å². The summed E-state index contributed by atoms with van der Waals surface area (Å²) in [7, 11) is 1.76. The molecule has 2 aromatic rings. The van der Waals surface area contributed by atoms with E-state index in [4.69, 9.17) is 0 Å². The summed E-state index contributed by atoms with van der Waals surface area (Å²) in [4.78, 5) is 25.7. The van der Waals surface area contributed by atoms with E-state index in [9.17, 15) is 14.9 Å². The van der Waals surface area contributed by atoms with Gasteiger partial charge in [0.15, 0.2) is 0 Å². The molecule has 0 radical (unpaired) electrons. The van der Waals surface area contributed by atoms with Crippen LogP contribution in [-0.2, 0) is 22.4 Å². The molecule has 2 aromatic carbocycles. The van der Waals surface area contributed by atoms with Crippen molar-refractivity contribution in [3.63, 3.8) is 0 Å². The number of benzene rings is 2. The normalized spacial score (nSPS) is 13.7. The number of fused-ring (bicyclic) bond motifs is 1. The van der Waals surface area contributed by atoms with Crippen LogP contribution in [0.15, 0.2) is 54.1 Å². The van der Waals surface area contributed by atoms with Gasteiger partial charge in [-0.05, 0) is 47.7 Å². The number of hydrogen-bond acceptors (Lipinski definition) is 3. The molecule has 0 aliphatic carbocycles. The maximum Gasteiger partial charge on any atom is 0.261 e. The third-order valence-corrected chi connectivity index (χ3v) is 4.67. The molecule has 0 saturated heterocycles. The minimum atomic E-state index is -0.376. The molecule has 1 N–H and O–H groups in total. The van der Waals surface area contributed by atoms with Crippen LogP contribution in [0.3, 0.4) is 0 Å². The molecule has 0 spiro atoms. The Hall–Kier alpha value is -3.39. The number of amides is 2.